The first kappa shape index (κ1) is 20.7. The molecule has 0 heterocycles. The van der Waals surface area contributed by atoms with E-state index in [1.807, 2.05) is 0 Å². The molecule has 0 aromatic rings. The van der Waals surface area contributed by atoms with Crippen molar-refractivity contribution in [1.82, 2.24) is 0 Å². The number of unbranched alkanes of at least 4 members (excludes halogenated alkanes) is 7. The van der Waals surface area contributed by atoms with Gasteiger partial charge in [0.15, 0.2) is 0 Å². The third-order valence-corrected chi connectivity index (χ3v) is 5.46. The van der Waals surface area contributed by atoms with Gasteiger partial charge in [-0.25, -0.2) is 0 Å². The van der Waals surface area contributed by atoms with E-state index in [1.165, 1.54) is 57.8 Å². The highest BCUT2D eigenvalue weighted by atomic mass is 16.1. The van der Waals surface area contributed by atoms with E-state index in [9.17, 15) is 4.79 Å². The molecule has 0 saturated carbocycles. The summed E-state index contributed by atoms with van der Waals surface area (Å²) in [6.07, 6.45) is 14.4. The van der Waals surface area contributed by atoms with Crippen molar-refractivity contribution >= 4 is 5.78 Å². The maximum atomic E-state index is 12.7. The van der Waals surface area contributed by atoms with Gasteiger partial charge in [0, 0.05) is 11.8 Å². The molecule has 1 nitrogen and oxygen atoms in total. The highest BCUT2D eigenvalue weighted by molar-refractivity contribution is 5.84. The molecule has 0 aliphatic rings. The van der Waals surface area contributed by atoms with Crippen LogP contribution in [0.5, 0.6) is 0 Å². The lowest BCUT2D eigenvalue weighted by Crippen LogP contribution is -2.34. The van der Waals surface area contributed by atoms with E-state index in [4.69, 9.17) is 0 Å². The van der Waals surface area contributed by atoms with E-state index in [0.717, 1.165) is 19.3 Å². The highest BCUT2D eigenvalue weighted by Crippen LogP contribution is 2.37. The average Bonchev–Trinajstić information content (AvgIpc) is 2.50. The van der Waals surface area contributed by atoms with Crippen LogP contribution < -0.4 is 0 Å². The zero-order chi connectivity index (χ0) is 16.1. The monoisotopic (exact) mass is 296 g/mol. The highest BCUT2D eigenvalue weighted by Gasteiger charge is 2.35. The van der Waals surface area contributed by atoms with Crippen LogP contribution in [-0.2, 0) is 4.79 Å². The van der Waals surface area contributed by atoms with Gasteiger partial charge in [-0.05, 0) is 25.2 Å². The second kappa shape index (κ2) is 12.2. The molecule has 126 valence electrons. The van der Waals surface area contributed by atoms with Crippen molar-refractivity contribution in [3.8, 4) is 0 Å². The Morgan fingerprint density at radius 1 is 0.857 bits per heavy atom. The van der Waals surface area contributed by atoms with Crippen LogP contribution in [0.1, 0.15) is 112 Å². The van der Waals surface area contributed by atoms with E-state index in [0.29, 0.717) is 11.7 Å². The molecular weight excluding hydrogens is 256 g/mol. The number of carbonyl (C=O) groups is 1. The van der Waals surface area contributed by atoms with Crippen LogP contribution in [-0.4, -0.2) is 5.78 Å². The maximum Gasteiger partial charge on any atom is 0.139 e. The van der Waals surface area contributed by atoms with Gasteiger partial charge in [-0.2, -0.15) is 0 Å². The Kier molecular flexibility index (Phi) is 12.0. The summed E-state index contributed by atoms with van der Waals surface area (Å²) in [5.74, 6) is 1.05. The molecule has 0 amide bonds. The summed E-state index contributed by atoms with van der Waals surface area (Å²) in [7, 11) is 0. The predicted molar refractivity (Wildman–Crippen MR) is 94.7 cm³/mol. The van der Waals surface area contributed by atoms with Gasteiger partial charge >= 0.3 is 0 Å². The third kappa shape index (κ3) is 8.02. The summed E-state index contributed by atoms with van der Waals surface area (Å²) in [4.78, 5) is 12.7. The van der Waals surface area contributed by atoms with Crippen LogP contribution in [0.3, 0.4) is 0 Å². The Balaban J connectivity index is 4.17. The van der Waals surface area contributed by atoms with Gasteiger partial charge in [0.25, 0.3) is 0 Å². The standard InChI is InChI=1S/C20H40O/c1-6-9-11-13-15-17-19(21)20(5,8-3)18(4)16-14-12-10-7-2/h18H,6-17H2,1-5H3. The Morgan fingerprint density at radius 3 is 1.90 bits per heavy atom. The van der Waals surface area contributed by atoms with Crippen LogP contribution in [0.4, 0.5) is 0 Å². The molecule has 0 fully saturated rings. The molecule has 21 heavy (non-hydrogen) atoms. The summed E-state index contributed by atoms with van der Waals surface area (Å²) in [6.45, 7) is 11.2. The zero-order valence-corrected chi connectivity index (χ0v) is 15.5. The van der Waals surface area contributed by atoms with Crippen LogP contribution in [0.25, 0.3) is 0 Å². The normalized spacial score (nSPS) is 15.7. The molecule has 2 atom stereocenters. The van der Waals surface area contributed by atoms with Gasteiger partial charge in [-0.15, -0.1) is 0 Å². The Labute approximate surface area is 134 Å². The molecule has 0 N–H and O–H groups in total. The molecule has 0 spiro atoms. The number of hydrogen-bond acceptors (Lipinski definition) is 1. The molecule has 0 bridgehead atoms. The number of ketones is 1. The first-order valence-corrected chi connectivity index (χ1v) is 9.56. The van der Waals surface area contributed by atoms with Crippen molar-refractivity contribution in [2.45, 2.75) is 112 Å². The van der Waals surface area contributed by atoms with E-state index in [-0.39, 0.29) is 5.41 Å². The summed E-state index contributed by atoms with van der Waals surface area (Å²) in [5.41, 5.74) is -0.0863. The first-order chi connectivity index (χ1) is 10.0. The quantitative estimate of drug-likeness (QED) is 0.317. The van der Waals surface area contributed by atoms with Crippen molar-refractivity contribution in [3.63, 3.8) is 0 Å². The van der Waals surface area contributed by atoms with Gasteiger partial charge in [-0.1, -0.05) is 86.0 Å². The minimum Gasteiger partial charge on any atom is -0.299 e. The largest absolute Gasteiger partial charge is 0.299 e. The summed E-state index contributed by atoms with van der Waals surface area (Å²) < 4.78 is 0. The van der Waals surface area contributed by atoms with Gasteiger partial charge in [0.1, 0.15) is 5.78 Å². The molecule has 0 aromatic carbocycles. The smallest absolute Gasteiger partial charge is 0.139 e. The van der Waals surface area contributed by atoms with Crippen molar-refractivity contribution in [1.29, 1.82) is 0 Å². The van der Waals surface area contributed by atoms with Crippen LogP contribution in [0.2, 0.25) is 0 Å². The SMILES string of the molecule is CCCCCCCC(=O)C(C)(CC)C(C)CCCCCC. The topological polar surface area (TPSA) is 17.1 Å². The first-order valence-electron chi connectivity index (χ1n) is 9.56. The summed E-state index contributed by atoms with van der Waals surface area (Å²) in [5, 5.41) is 0. The molecule has 0 aliphatic heterocycles. The molecule has 0 rings (SSSR count). The Bertz CT molecular complexity index is 259. The molecule has 0 aromatic heterocycles. The average molecular weight is 297 g/mol. The molecule has 1 heteroatoms. The Morgan fingerprint density at radius 2 is 1.38 bits per heavy atom. The van der Waals surface area contributed by atoms with Crippen molar-refractivity contribution in [3.05, 3.63) is 0 Å². The number of Topliss-reactive ketones (excluding diaryl/α,β-unsaturated/α-hetero) is 1. The minimum atomic E-state index is -0.0863. The van der Waals surface area contributed by atoms with Crippen LogP contribution >= 0.6 is 0 Å². The summed E-state index contributed by atoms with van der Waals surface area (Å²) >= 11 is 0. The minimum absolute atomic E-state index is 0.0863. The van der Waals surface area contributed by atoms with E-state index < -0.39 is 0 Å². The molecule has 0 aliphatic carbocycles. The predicted octanol–water partition coefficient (Wildman–Crippen LogP) is 6.94. The van der Waals surface area contributed by atoms with Gasteiger partial charge in [-0.3, -0.25) is 4.79 Å². The maximum absolute atomic E-state index is 12.7. The fourth-order valence-corrected chi connectivity index (χ4v) is 3.19. The molecule has 2 unspecified atom stereocenters. The second-order valence-corrected chi connectivity index (χ2v) is 7.11. The van der Waals surface area contributed by atoms with E-state index >= 15 is 0 Å². The van der Waals surface area contributed by atoms with Crippen LogP contribution in [0, 0.1) is 11.3 Å². The molecule has 0 radical (unpaired) electrons. The van der Waals surface area contributed by atoms with E-state index in [2.05, 4.69) is 34.6 Å². The molecular formula is C20H40O. The van der Waals surface area contributed by atoms with Gasteiger partial charge < -0.3 is 0 Å². The fourth-order valence-electron chi connectivity index (χ4n) is 3.19. The zero-order valence-electron chi connectivity index (χ0n) is 15.5. The number of rotatable bonds is 14. The van der Waals surface area contributed by atoms with Crippen molar-refractivity contribution in [2.24, 2.45) is 11.3 Å². The lowest BCUT2D eigenvalue weighted by atomic mass is 9.69. The molecule has 0 saturated heterocycles. The Hall–Kier alpha value is -0.330. The van der Waals surface area contributed by atoms with E-state index in [1.54, 1.807) is 0 Å². The van der Waals surface area contributed by atoms with Crippen molar-refractivity contribution < 1.29 is 4.79 Å². The van der Waals surface area contributed by atoms with Gasteiger partial charge in [0.05, 0.1) is 0 Å². The number of carbonyl (C=O) groups excluding carboxylic acids is 1. The van der Waals surface area contributed by atoms with Crippen molar-refractivity contribution in [2.75, 3.05) is 0 Å². The number of hydrogen-bond donors (Lipinski definition) is 0. The van der Waals surface area contributed by atoms with Crippen LogP contribution in [0.15, 0.2) is 0 Å². The lowest BCUT2D eigenvalue weighted by Gasteiger charge is -2.33. The fraction of sp³-hybridized carbons (Fsp3) is 0.950. The summed E-state index contributed by atoms with van der Waals surface area (Å²) in [6, 6.07) is 0. The van der Waals surface area contributed by atoms with Gasteiger partial charge in [0.2, 0.25) is 0 Å². The third-order valence-electron chi connectivity index (χ3n) is 5.46. The lowest BCUT2D eigenvalue weighted by molar-refractivity contribution is -0.131. The second-order valence-electron chi connectivity index (χ2n) is 7.11.